The molecule has 1 aliphatic heterocycles. The van der Waals surface area contributed by atoms with E-state index in [-0.39, 0.29) is 17.7 Å². The number of ether oxygens (including phenoxy) is 1. The van der Waals surface area contributed by atoms with Crippen LogP contribution in [0.5, 0.6) is 0 Å². The second-order valence-corrected chi connectivity index (χ2v) is 10.7. The maximum absolute atomic E-state index is 13.4. The molecule has 4 nitrogen and oxygen atoms in total. The van der Waals surface area contributed by atoms with Gasteiger partial charge in [0.1, 0.15) is 0 Å². The fourth-order valence-corrected chi connectivity index (χ4v) is 6.26. The van der Waals surface area contributed by atoms with Crippen molar-refractivity contribution in [1.29, 1.82) is 0 Å². The maximum atomic E-state index is 13.4. The van der Waals surface area contributed by atoms with Gasteiger partial charge in [-0.25, -0.2) is 0 Å². The van der Waals surface area contributed by atoms with Gasteiger partial charge in [-0.15, -0.1) is 0 Å². The van der Waals surface area contributed by atoms with Crippen molar-refractivity contribution in [2.24, 2.45) is 11.8 Å². The quantitative estimate of drug-likeness (QED) is 0.325. The Morgan fingerprint density at radius 2 is 1.56 bits per heavy atom. The van der Waals surface area contributed by atoms with Crippen molar-refractivity contribution in [3.05, 3.63) is 87.0 Å². The van der Waals surface area contributed by atoms with E-state index in [1.54, 1.807) is 18.2 Å². The third kappa shape index (κ3) is 7.16. The first-order valence-corrected chi connectivity index (χ1v) is 15.7. The molecule has 2 aliphatic carbocycles. The number of carbonyl (C=O) groups excluding carboxylic acids is 2. The first-order valence-electron chi connectivity index (χ1n) is 15.7. The number of aliphatic hydroxyl groups excluding tert-OH is 1. The van der Waals surface area contributed by atoms with Crippen LogP contribution in [0.25, 0.3) is 6.08 Å². The highest BCUT2D eigenvalue weighted by atomic mass is 16.6. The summed E-state index contributed by atoms with van der Waals surface area (Å²) in [5.74, 6) is 0.757. The van der Waals surface area contributed by atoms with Crippen LogP contribution in [0.4, 0.5) is 0 Å². The van der Waals surface area contributed by atoms with Crippen LogP contribution in [0.2, 0.25) is 0 Å². The lowest BCUT2D eigenvalue weighted by atomic mass is 9.70. The molecule has 0 amide bonds. The van der Waals surface area contributed by atoms with Crippen LogP contribution in [-0.4, -0.2) is 29.1 Å². The number of carbonyl (C=O) groups is 2. The summed E-state index contributed by atoms with van der Waals surface area (Å²) in [5.41, 5.74) is 8.00. The van der Waals surface area contributed by atoms with E-state index >= 15 is 0 Å². The lowest BCUT2D eigenvalue weighted by Gasteiger charge is -2.32. The van der Waals surface area contributed by atoms with Gasteiger partial charge in [-0.3, -0.25) is 9.59 Å². The molecular formula is C37H52O4. The van der Waals surface area contributed by atoms with Crippen LogP contribution in [0, 0.1) is 18.8 Å². The van der Waals surface area contributed by atoms with Crippen LogP contribution in [0.1, 0.15) is 135 Å². The monoisotopic (exact) mass is 560 g/mol. The van der Waals surface area contributed by atoms with Crippen molar-refractivity contribution in [2.45, 2.75) is 113 Å². The van der Waals surface area contributed by atoms with Gasteiger partial charge in [-0.2, -0.15) is 0 Å². The second kappa shape index (κ2) is 16.0. The summed E-state index contributed by atoms with van der Waals surface area (Å²) in [6.45, 7) is 22.4. The highest BCUT2D eigenvalue weighted by Crippen LogP contribution is 2.41. The fraction of sp³-hybridized carbons (Fsp3) is 0.514. The molecule has 4 atom stereocenters. The maximum Gasteiger partial charge on any atom is 0.195 e. The molecule has 0 radical (unpaired) electrons. The molecule has 1 saturated heterocycles. The van der Waals surface area contributed by atoms with Crippen LogP contribution >= 0.6 is 0 Å². The van der Waals surface area contributed by atoms with E-state index in [4.69, 9.17) is 9.84 Å². The Balaban J connectivity index is 0.000000380. The van der Waals surface area contributed by atoms with Gasteiger partial charge in [-0.05, 0) is 87.5 Å². The van der Waals surface area contributed by atoms with Gasteiger partial charge in [0.15, 0.2) is 17.9 Å². The van der Waals surface area contributed by atoms with Crippen molar-refractivity contribution < 1.29 is 19.4 Å². The third-order valence-electron chi connectivity index (χ3n) is 8.49. The van der Waals surface area contributed by atoms with E-state index in [1.807, 2.05) is 60.6 Å². The molecule has 1 fully saturated rings. The summed E-state index contributed by atoms with van der Waals surface area (Å²) >= 11 is 0. The molecule has 3 aliphatic rings. The summed E-state index contributed by atoms with van der Waals surface area (Å²) in [5, 5.41) is 9.13. The van der Waals surface area contributed by atoms with Gasteiger partial charge in [0.05, 0.1) is 6.10 Å². The van der Waals surface area contributed by atoms with Crippen LogP contribution in [0.15, 0.2) is 42.5 Å². The Morgan fingerprint density at radius 1 is 0.976 bits per heavy atom. The average Bonchev–Trinajstić information content (AvgIpc) is 3.01. The predicted octanol–water partition coefficient (Wildman–Crippen LogP) is 9.07. The van der Waals surface area contributed by atoms with Crippen molar-refractivity contribution >= 4 is 17.6 Å². The number of allylic oxidation sites excluding steroid dienone is 2. The predicted molar refractivity (Wildman–Crippen MR) is 172 cm³/mol. The van der Waals surface area contributed by atoms with E-state index in [0.29, 0.717) is 34.1 Å². The number of rotatable bonds is 3. The van der Waals surface area contributed by atoms with Crippen molar-refractivity contribution in [1.82, 2.24) is 0 Å². The topological polar surface area (TPSA) is 63.6 Å². The smallest absolute Gasteiger partial charge is 0.195 e. The highest BCUT2D eigenvalue weighted by Gasteiger charge is 2.36. The highest BCUT2D eigenvalue weighted by molar-refractivity contribution is 6.30. The Hall–Kier alpha value is -2.82. The summed E-state index contributed by atoms with van der Waals surface area (Å²) in [6, 6.07) is 7.17. The molecule has 41 heavy (non-hydrogen) atoms. The fourth-order valence-electron chi connectivity index (χ4n) is 6.26. The molecule has 2 aromatic carbocycles. The van der Waals surface area contributed by atoms with Crippen molar-refractivity contribution in [3.8, 4) is 0 Å². The summed E-state index contributed by atoms with van der Waals surface area (Å²) in [6.07, 6.45) is 9.92. The van der Waals surface area contributed by atoms with E-state index in [0.717, 1.165) is 49.7 Å². The largest absolute Gasteiger partial charge is 0.368 e. The molecule has 224 valence electrons. The van der Waals surface area contributed by atoms with Crippen LogP contribution < -0.4 is 0 Å². The Kier molecular flexibility index (Phi) is 13.4. The minimum absolute atomic E-state index is 0.0301. The number of hydrogen-bond donors (Lipinski definition) is 1. The zero-order chi connectivity index (χ0) is 30.9. The Bertz CT molecular complexity index is 1250. The van der Waals surface area contributed by atoms with Gasteiger partial charge in [-0.1, -0.05) is 90.1 Å². The average molecular weight is 561 g/mol. The molecule has 2 aromatic rings. The van der Waals surface area contributed by atoms with Crippen molar-refractivity contribution in [2.75, 3.05) is 0 Å². The lowest BCUT2D eigenvalue weighted by Crippen LogP contribution is -2.31. The number of hydrogen-bond acceptors (Lipinski definition) is 4. The summed E-state index contributed by atoms with van der Waals surface area (Å²) in [7, 11) is 0. The number of ketones is 2. The van der Waals surface area contributed by atoms with Gasteiger partial charge in [0.2, 0.25) is 0 Å². The van der Waals surface area contributed by atoms with E-state index in [2.05, 4.69) is 26.5 Å². The zero-order valence-corrected chi connectivity index (χ0v) is 26.9. The Labute approximate surface area is 248 Å². The Morgan fingerprint density at radius 3 is 2.05 bits per heavy atom. The SMILES string of the molecule is C=Cc1c2c(c(C)c3c1C(=O)c1ccccc1C3=O)CC(/C(=C\C)CC)CC2.CC.CC.CC1CCC(C)[C@H](O)O1. The minimum Gasteiger partial charge on any atom is -0.368 e. The molecule has 5 rings (SSSR count). The van der Waals surface area contributed by atoms with Crippen molar-refractivity contribution in [3.63, 3.8) is 0 Å². The van der Waals surface area contributed by atoms with Crippen LogP contribution in [0.3, 0.4) is 0 Å². The first-order chi connectivity index (χ1) is 19.7. The van der Waals surface area contributed by atoms with Gasteiger partial charge >= 0.3 is 0 Å². The molecule has 0 bridgehead atoms. The van der Waals surface area contributed by atoms with Gasteiger partial charge in [0.25, 0.3) is 0 Å². The molecule has 0 aromatic heterocycles. The van der Waals surface area contributed by atoms with Gasteiger partial charge < -0.3 is 9.84 Å². The molecule has 1 heterocycles. The van der Waals surface area contributed by atoms with Crippen LogP contribution in [-0.2, 0) is 17.6 Å². The summed E-state index contributed by atoms with van der Waals surface area (Å²) in [4.78, 5) is 26.7. The lowest BCUT2D eigenvalue weighted by molar-refractivity contribution is -0.184. The van der Waals surface area contributed by atoms with Gasteiger partial charge in [0, 0.05) is 28.2 Å². The molecule has 4 heteroatoms. The number of fused-ring (bicyclic) bond motifs is 3. The second-order valence-electron chi connectivity index (χ2n) is 10.7. The molecule has 0 spiro atoms. The molecule has 1 N–H and O–H groups in total. The van der Waals surface area contributed by atoms with E-state index < -0.39 is 6.29 Å². The normalized spacial score (nSPS) is 22.7. The number of benzene rings is 2. The minimum atomic E-state index is -0.520. The third-order valence-corrected chi connectivity index (χ3v) is 8.49. The summed E-state index contributed by atoms with van der Waals surface area (Å²) < 4.78 is 5.15. The van der Waals surface area contributed by atoms with E-state index in [9.17, 15) is 9.59 Å². The van der Waals surface area contributed by atoms with E-state index in [1.165, 1.54) is 16.7 Å². The molecule has 3 unspecified atom stereocenters. The first kappa shape index (κ1) is 34.4. The number of aliphatic hydroxyl groups is 1. The molecule has 0 saturated carbocycles. The zero-order valence-electron chi connectivity index (χ0n) is 26.9. The standard InChI is InChI=1S/C26H26O2.C7H14O2.2C2H6/c1-5-16(6-2)17-12-13-19-18(7-3)24-23(15(4)22(19)14-17)25(27)20-10-8-9-11-21(20)26(24)28;1-5-3-4-6(2)9-7(5)8;2*1-2/h5,7-11,17H,3,6,12-14H2,1-2,4H3;5-8H,3-4H2,1-2H3;2*1-2H3/b16-5-;;;/t;5?,6?,7-;;/m.1../s1. The molecular weight excluding hydrogens is 508 g/mol.